The third kappa shape index (κ3) is 11.5. The van der Waals surface area contributed by atoms with Crippen LogP contribution in [0.25, 0.3) is 0 Å². The van der Waals surface area contributed by atoms with Crippen molar-refractivity contribution in [1.82, 2.24) is 0 Å². The van der Waals surface area contributed by atoms with Gasteiger partial charge in [-0.2, -0.15) is 0 Å². The van der Waals surface area contributed by atoms with Crippen molar-refractivity contribution in [2.75, 3.05) is 13.2 Å². The number of allylic oxidation sites excluding steroid dienone is 1. The van der Waals surface area contributed by atoms with Crippen LogP contribution in [0, 0.1) is 0 Å². The molecule has 0 aliphatic carbocycles. The van der Waals surface area contributed by atoms with E-state index < -0.39 is 11.9 Å². The van der Waals surface area contributed by atoms with Gasteiger partial charge in [-0.3, -0.25) is 0 Å². The minimum atomic E-state index is -0.481. The van der Waals surface area contributed by atoms with Crippen LogP contribution in [0.4, 0.5) is 0 Å². The molecule has 0 N–H and O–H groups in total. The Kier molecular flexibility index (Phi) is 14.5. The molecule has 0 radical (unpaired) electrons. The molecule has 1 aromatic carbocycles. The molecule has 162 valence electrons. The van der Waals surface area contributed by atoms with Crippen molar-refractivity contribution >= 4 is 11.9 Å². The lowest BCUT2D eigenvalue weighted by molar-refractivity contribution is 0.0457. The Hall–Kier alpha value is -2.10. The summed E-state index contributed by atoms with van der Waals surface area (Å²) in [5.74, 6) is -0.937. The van der Waals surface area contributed by atoms with Gasteiger partial charge in [-0.1, -0.05) is 89.5 Å². The van der Waals surface area contributed by atoms with E-state index in [1.165, 1.54) is 44.9 Å². The first-order valence-electron chi connectivity index (χ1n) is 11.3. The molecule has 1 rings (SSSR count). The largest absolute Gasteiger partial charge is 0.462 e. The molecule has 0 bridgehead atoms. The molecule has 29 heavy (non-hydrogen) atoms. The normalized spacial score (nSPS) is 11.0. The Balaban J connectivity index is 2.30. The Labute approximate surface area is 176 Å². The topological polar surface area (TPSA) is 52.6 Å². The summed E-state index contributed by atoms with van der Waals surface area (Å²) in [6, 6.07) is 6.69. The van der Waals surface area contributed by atoms with Crippen molar-refractivity contribution in [3.8, 4) is 0 Å². The van der Waals surface area contributed by atoms with E-state index in [9.17, 15) is 9.59 Å². The average molecular weight is 403 g/mol. The van der Waals surface area contributed by atoms with Crippen LogP contribution in [0.3, 0.4) is 0 Å². The first-order valence-corrected chi connectivity index (χ1v) is 11.3. The number of rotatable bonds is 16. The Morgan fingerprint density at radius 1 is 0.724 bits per heavy atom. The maximum atomic E-state index is 12.4. The molecule has 0 atom stereocenters. The van der Waals surface area contributed by atoms with E-state index in [-0.39, 0.29) is 11.1 Å². The molecule has 0 aliphatic heterocycles. The van der Waals surface area contributed by atoms with E-state index >= 15 is 0 Å². The molecule has 0 saturated heterocycles. The van der Waals surface area contributed by atoms with Gasteiger partial charge in [0.15, 0.2) is 0 Å². The third-order valence-corrected chi connectivity index (χ3v) is 4.77. The molecular weight excluding hydrogens is 364 g/mol. The van der Waals surface area contributed by atoms with E-state index in [0.29, 0.717) is 19.6 Å². The van der Waals surface area contributed by atoms with Crippen LogP contribution >= 0.6 is 0 Å². The summed E-state index contributed by atoms with van der Waals surface area (Å²) >= 11 is 0. The molecule has 0 fully saturated rings. The summed E-state index contributed by atoms with van der Waals surface area (Å²) < 4.78 is 10.7. The van der Waals surface area contributed by atoms with Crippen LogP contribution < -0.4 is 0 Å². The van der Waals surface area contributed by atoms with E-state index in [2.05, 4.69) is 13.8 Å². The second-order valence-electron chi connectivity index (χ2n) is 7.31. The highest BCUT2D eigenvalue weighted by molar-refractivity contribution is 6.03. The van der Waals surface area contributed by atoms with Crippen LogP contribution in [-0.2, 0) is 9.47 Å². The molecular formula is C25H38O4. The monoisotopic (exact) mass is 402 g/mol. The Morgan fingerprint density at radius 3 is 1.79 bits per heavy atom. The lowest BCUT2D eigenvalue weighted by atomic mass is 10.1. The zero-order chi connectivity index (χ0) is 21.2. The van der Waals surface area contributed by atoms with E-state index in [1.807, 2.05) is 12.2 Å². The fraction of sp³-hybridized carbons (Fsp3) is 0.600. The van der Waals surface area contributed by atoms with Gasteiger partial charge in [-0.25, -0.2) is 9.59 Å². The number of ether oxygens (including phenoxy) is 2. The number of benzene rings is 1. The van der Waals surface area contributed by atoms with Gasteiger partial charge in [-0.05, 0) is 31.4 Å². The Bertz CT molecular complexity index is 607. The van der Waals surface area contributed by atoms with Gasteiger partial charge in [0.2, 0.25) is 0 Å². The van der Waals surface area contributed by atoms with Crippen LogP contribution in [0.15, 0.2) is 36.4 Å². The number of hydrogen-bond donors (Lipinski definition) is 0. The van der Waals surface area contributed by atoms with Gasteiger partial charge in [0, 0.05) is 0 Å². The molecule has 1 aromatic rings. The molecule has 0 unspecified atom stereocenters. The maximum absolute atomic E-state index is 12.4. The smallest absolute Gasteiger partial charge is 0.339 e. The summed E-state index contributed by atoms with van der Waals surface area (Å²) in [6.07, 6.45) is 16.6. The average Bonchev–Trinajstić information content (AvgIpc) is 2.74. The quantitative estimate of drug-likeness (QED) is 0.172. The summed E-state index contributed by atoms with van der Waals surface area (Å²) in [7, 11) is 0. The molecule has 0 saturated carbocycles. The molecule has 4 heteroatoms. The third-order valence-electron chi connectivity index (χ3n) is 4.77. The van der Waals surface area contributed by atoms with Crippen molar-refractivity contribution in [2.24, 2.45) is 0 Å². The number of carbonyl (C=O) groups excluding carboxylic acids is 2. The zero-order valence-electron chi connectivity index (χ0n) is 18.3. The van der Waals surface area contributed by atoms with Crippen molar-refractivity contribution in [3.05, 3.63) is 47.5 Å². The van der Waals surface area contributed by atoms with Crippen molar-refractivity contribution in [2.45, 2.75) is 84.5 Å². The molecule has 0 heterocycles. The summed E-state index contributed by atoms with van der Waals surface area (Å²) in [5.41, 5.74) is 0.543. The van der Waals surface area contributed by atoms with E-state index in [4.69, 9.17) is 9.47 Å². The van der Waals surface area contributed by atoms with Gasteiger partial charge >= 0.3 is 11.9 Å². The van der Waals surface area contributed by atoms with Crippen molar-refractivity contribution in [3.63, 3.8) is 0 Å². The maximum Gasteiger partial charge on any atom is 0.339 e. The van der Waals surface area contributed by atoms with Crippen LogP contribution in [0.5, 0.6) is 0 Å². The highest BCUT2D eigenvalue weighted by atomic mass is 16.5. The summed E-state index contributed by atoms with van der Waals surface area (Å²) in [5, 5.41) is 0. The molecule has 0 aliphatic rings. The number of hydrogen-bond acceptors (Lipinski definition) is 4. The first kappa shape index (κ1) is 24.9. The first-order chi connectivity index (χ1) is 14.2. The SMILES string of the molecule is CC/C=C/CCOC(=O)c1ccccc1C(=O)OCCCCCCCCCCC. The fourth-order valence-corrected chi connectivity index (χ4v) is 3.08. The highest BCUT2D eigenvalue weighted by Crippen LogP contribution is 2.14. The predicted molar refractivity (Wildman–Crippen MR) is 118 cm³/mol. The minimum Gasteiger partial charge on any atom is -0.462 e. The number of carbonyl (C=O) groups is 2. The van der Waals surface area contributed by atoms with Crippen LogP contribution in [0.1, 0.15) is 105 Å². The predicted octanol–water partition coefficient (Wildman–Crippen LogP) is 6.89. The van der Waals surface area contributed by atoms with Gasteiger partial charge in [0.1, 0.15) is 0 Å². The fourth-order valence-electron chi connectivity index (χ4n) is 3.08. The van der Waals surface area contributed by atoms with Crippen LogP contribution in [-0.4, -0.2) is 25.2 Å². The number of unbranched alkanes of at least 4 members (excludes halogenated alkanes) is 8. The second kappa shape index (κ2) is 16.8. The molecule has 0 aromatic heterocycles. The van der Waals surface area contributed by atoms with E-state index in [0.717, 1.165) is 19.3 Å². The highest BCUT2D eigenvalue weighted by Gasteiger charge is 2.18. The van der Waals surface area contributed by atoms with Gasteiger partial charge in [0.25, 0.3) is 0 Å². The summed E-state index contributed by atoms with van der Waals surface area (Å²) in [4.78, 5) is 24.7. The van der Waals surface area contributed by atoms with Gasteiger partial charge < -0.3 is 9.47 Å². The molecule has 4 nitrogen and oxygen atoms in total. The van der Waals surface area contributed by atoms with E-state index in [1.54, 1.807) is 24.3 Å². The second-order valence-corrected chi connectivity index (χ2v) is 7.31. The molecule has 0 amide bonds. The lowest BCUT2D eigenvalue weighted by Gasteiger charge is -2.09. The zero-order valence-corrected chi connectivity index (χ0v) is 18.3. The van der Waals surface area contributed by atoms with Gasteiger partial charge in [0.05, 0.1) is 24.3 Å². The standard InChI is InChI=1S/C25H38O4/c1-3-5-7-9-10-11-12-13-17-21-29-25(27)23-19-15-14-18-22(23)24(26)28-20-16-8-6-4-2/h6,8,14-15,18-19H,3-5,7,9-13,16-17,20-21H2,1-2H3/b8-6+. The van der Waals surface area contributed by atoms with Crippen molar-refractivity contribution in [1.29, 1.82) is 0 Å². The Morgan fingerprint density at radius 2 is 1.24 bits per heavy atom. The van der Waals surface area contributed by atoms with Crippen LogP contribution in [0.2, 0.25) is 0 Å². The summed E-state index contributed by atoms with van der Waals surface area (Å²) in [6.45, 7) is 4.98. The molecule has 0 spiro atoms. The minimum absolute atomic E-state index is 0.268. The lowest BCUT2D eigenvalue weighted by Crippen LogP contribution is -2.14. The van der Waals surface area contributed by atoms with Crippen molar-refractivity contribution < 1.29 is 19.1 Å². The number of esters is 2. The van der Waals surface area contributed by atoms with Gasteiger partial charge in [-0.15, -0.1) is 0 Å².